The zero-order valence-corrected chi connectivity index (χ0v) is 30.3. The number of aromatic nitrogens is 2. The van der Waals surface area contributed by atoms with Gasteiger partial charge in [0.25, 0.3) is 0 Å². The number of aryl methyl sites for hydroxylation is 1. The lowest BCUT2D eigenvalue weighted by Crippen LogP contribution is -2.52. The fourth-order valence-electron chi connectivity index (χ4n) is 9.38. The summed E-state index contributed by atoms with van der Waals surface area (Å²) in [5.41, 5.74) is 4.47. The molecule has 1 amide bonds. The standard InChI is InChI=1S/C41H56N4O4/c1-28-24-31(8-11-35(28)48-5)41-18-15-40(16-19-41,17-20-41)27-45(36-25-30(12-21-42-36)34-26-49-38(43-34)39(2,3)4)37(47)29-6-9-32(10-7-29)44-22-13-33(46)14-23-44/h8,11-12,21,24-26,29,32-33,46H,6-7,9-10,13-20,22-23,27H2,1-5H3. The van der Waals surface area contributed by atoms with Gasteiger partial charge in [0.1, 0.15) is 23.5 Å². The van der Waals surface area contributed by atoms with Gasteiger partial charge in [0.05, 0.1) is 13.2 Å². The van der Waals surface area contributed by atoms with Gasteiger partial charge in [0.2, 0.25) is 5.91 Å². The number of fused-ring (bicyclic) bond motifs is 3. The average molecular weight is 669 g/mol. The van der Waals surface area contributed by atoms with Crippen molar-refractivity contribution in [2.24, 2.45) is 11.3 Å². The van der Waals surface area contributed by atoms with Gasteiger partial charge in [-0.1, -0.05) is 32.9 Å². The molecule has 0 atom stereocenters. The number of aliphatic hydroxyl groups excluding tert-OH is 1. The molecule has 2 aromatic heterocycles. The lowest BCUT2D eigenvalue weighted by molar-refractivity contribution is -0.124. The number of likely N-dealkylation sites (tertiary alicyclic amines) is 1. The van der Waals surface area contributed by atoms with Crippen LogP contribution in [0.15, 0.2) is 47.2 Å². The zero-order chi connectivity index (χ0) is 34.4. The predicted molar refractivity (Wildman–Crippen MR) is 193 cm³/mol. The Bertz CT molecular complexity index is 1600. The number of methoxy groups -OCH3 is 1. The number of hydrogen-bond acceptors (Lipinski definition) is 7. The first-order chi connectivity index (χ1) is 23.5. The van der Waals surface area contributed by atoms with Crippen molar-refractivity contribution in [1.82, 2.24) is 14.9 Å². The number of nitrogens with zero attached hydrogens (tertiary/aromatic N) is 4. The molecule has 8 heteroatoms. The number of benzene rings is 1. The molecule has 1 N–H and O–H groups in total. The van der Waals surface area contributed by atoms with E-state index < -0.39 is 0 Å². The molecule has 4 saturated carbocycles. The van der Waals surface area contributed by atoms with E-state index in [0.29, 0.717) is 11.9 Å². The van der Waals surface area contributed by atoms with Crippen LogP contribution in [-0.2, 0) is 15.6 Å². The highest BCUT2D eigenvalue weighted by Crippen LogP contribution is 2.58. The highest BCUT2D eigenvalue weighted by Gasteiger charge is 2.51. The molecule has 3 aromatic rings. The summed E-state index contributed by atoms with van der Waals surface area (Å²) in [5.74, 6) is 2.62. The number of amides is 1. The van der Waals surface area contributed by atoms with Gasteiger partial charge in [-0.05, 0) is 124 Å². The van der Waals surface area contributed by atoms with Gasteiger partial charge in [0.15, 0.2) is 5.89 Å². The van der Waals surface area contributed by atoms with Gasteiger partial charge in [-0.3, -0.25) is 9.69 Å². The number of carbonyl (C=O) groups is 1. The molecule has 2 bridgehead atoms. The highest BCUT2D eigenvalue weighted by molar-refractivity contribution is 5.94. The Hall–Kier alpha value is -3.23. The van der Waals surface area contributed by atoms with E-state index in [1.807, 2.05) is 12.3 Å². The molecule has 8 rings (SSSR count). The minimum Gasteiger partial charge on any atom is -0.496 e. The smallest absolute Gasteiger partial charge is 0.231 e. The fourth-order valence-corrected chi connectivity index (χ4v) is 9.38. The lowest BCUT2D eigenvalue weighted by atomic mass is 9.51. The molecule has 1 saturated heterocycles. The molecule has 0 spiro atoms. The van der Waals surface area contributed by atoms with Crippen molar-refractivity contribution in [3.05, 3.63) is 59.8 Å². The third-order valence-corrected chi connectivity index (χ3v) is 12.7. The quantitative estimate of drug-likeness (QED) is 0.260. The number of pyridine rings is 1. The van der Waals surface area contributed by atoms with E-state index in [1.165, 1.54) is 11.1 Å². The number of ether oxygens (including phenoxy) is 1. The summed E-state index contributed by atoms with van der Waals surface area (Å²) >= 11 is 0. The predicted octanol–water partition coefficient (Wildman–Crippen LogP) is 7.99. The Labute approximate surface area is 292 Å². The minimum absolute atomic E-state index is 0.00146. The fraction of sp³-hybridized carbons (Fsp3) is 0.634. The third-order valence-electron chi connectivity index (χ3n) is 12.7. The summed E-state index contributed by atoms with van der Waals surface area (Å²) in [7, 11) is 1.74. The first-order valence-corrected chi connectivity index (χ1v) is 18.8. The Morgan fingerprint density at radius 2 is 1.69 bits per heavy atom. The summed E-state index contributed by atoms with van der Waals surface area (Å²) in [4.78, 5) is 29.0. The second-order valence-electron chi connectivity index (χ2n) is 16.9. The van der Waals surface area contributed by atoms with E-state index in [0.717, 1.165) is 120 Å². The van der Waals surface area contributed by atoms with Crippen molar-refractivity contribution in [2.45, 2.75) is 128 Å². The second-order valence-corrected chi connectivity index (χ2v) is 16.9. The molecule has 0 radical (unpaired) electrons. The van der Waals surface area contributed by atoms with E-state index >= 15 is 0 Å². The number of piperidine rings is 1. The number of hydrogen-bond donors (Lipinski definition) is 1. The molecule has 1 aliphatic heterocycles. The average Bonchev–Trinajstić information content (AvgIpc) is 3.64. The van der Waals surface area contributed by atoms with E-state index in [1.54, 1.807) is 13.4 Å². The van der Waals surface area contributed by atoms with Gasteiger partial charge in [-0.25, -0.2) is 9.97 Å². The van der Waals surface area contributed by atoms with Gasteiger partial charge in [-0.2, -0.15) is 0 Å². The first kappa shape index (κ1) is 34.2. The molecule has 5 aliphatic rings. The van der Waals surface area contributed by atoms with Crippen LogP contribution in [0.5, 0.6) is 5.75 Å². The molecule has 0 unspecified atom stereocenters. The van der Waals surface area contributed by atoms with Gasteiger partial charge in [-0.15, -0.1) is 0 Å². The maximum atomic E-state index is 14.7. The molecule has 5 fully saturated rings. The van der Waals surface area contributed by atoms with Gasteiger partial charge >= 0.3 is 0 Å². The molecular formula is C41H56N4O4. The number of anilines is 1. The number of rotatable bonds is 8. The monoisotopic (exact) mass is 668 g/mol. The number of carbonyl (C=O) groups excluding carboxylic acids is 1. The largest absolute Gasteiger partial charge is 0.496 e. The molecule has 264 valence electrons. The van der Waals surface area contributed by atoms with Crippen LogP contribution < -0.4 is 9.64 Å². The van der Waals surface area contributed by atoms with E-state index in [-0.39, 0.29) is 34.2 Å². The van der Waals surface area contributed by atoms with Crippen LogP contribution >= 0.6 is 0 Å². The van der Waals surface area contributed by atoms with Crippen molar-refractivity contribution in [1.29, 1.82) is 0 Å². The number of oxazole rings is 1. The lowest BCUT2D eigenvalue weighted by Gasteiger charge is -2.55. The molecule has 1 aromatic carbocycles. The van der Waals surface area contributed by atoms with Crippen LogP contribution in [0, 0.1) is 18.3 Å². The molecule has 4 aliphatic carbocycles. The SMILES string of the molecule is COc1ccc(C23CCC(CN(C(=O)C4CCC(N5CCC(O)CC5)CC4)c4cc(-c5coc(C(C)(C)C)n5)ccn4)(CC2)CC3)cc1C. The maximum Gasteiger partial charge on any atom is 0.231 e. The van der Waals surface area contributed by atoms with Crippen LogP contribution in [0.2, 0.25) is 0 Å². The van der Waals surface area contributed by atoms with Gasteiger partial charge in [0, 0.05) is 48.8 Å². The van der Waals surface area contributed by atoms with Gasteiger partial charge < -0.3 is 19.2 Å². The zero-order valence-electron chi connectivity index (χ0n) is 30.3. The van der Waals surface area contributed by atoms with Crippen molar-refractivity contribution in [3.63, 3.8) is 0 Å². The second kappa shape index (κ2) is 13.5. The Kier molecular flexibility index (Phi) is 9.42. The van der Waals surface area contributed by atoms with Crippen LogP contribution in [-0.4, -0.2) is 64.8 Å². The minimum atomic E-state index is -0.191. The van der Waals surface area contributed by atoms with E-state index in [2.05, 4.69) is 61.8 Å². The Morgan fingerprint density at radius 3 is 2.31 bits per heavy atom. The summed E-state index contributed by atoms with van der Waals surface area (Å²) in [6.45, 7) is 11.1. The van der Waals surface area contributed by atoms with Crippen LogP contribution in [0.1, 0.15) is 115 Å². The van der Waals surface area contributed by atoms with Crippen molar-refractivity contribution < 1.29 is 19.1 Å². The normalized spacial score (nSPS) is 28.0. The van der Waals surface area contributed by atoms with Crippen molar-refractivity contribution in [3.8, 4) is 17.0 Å². The maximum absolute atomic E-state index is 14.7. The summed E-state index contributed by atoms with van der Waals surface area (Å²) in [6, 6.07) is 11.3. The molecule has 3 heterocycles. The van der Waals surface area contributed by atoms with E-state index in [4.69, 9.17) is 19.1 Å². The Balaban J connectivity index is 1.12. The number of aliphatic hydroxyl groups is 1. The summed E-state index contributed by atoms with van der Waals surface area (Å²) in [6.07, 6.45) is 15.8. The summed E-state index contributed by atoms with van der Waals surface area (Å²) in [5, 5.41) is 10.0. The first-order valence-electron chi connectivity index (χ1n) is 18.8. The highest BCUT2D eigenvalue weighted by atomic mass is 16.5. The topological polar surface area (TPSA) is 91.9 Å². The van der Waals surface area contributed by atoms with Crippen molar-refractivity contribution >= 4 is 11.7 Å². The third kappa shape index (κ3) is 6.92. The summed E-state index contributed by atoms with van der Waals surface area (Å²) < 4.78 is 11.4. The van der Waals surface area contributed by atoms with Crippen LogP contribution in [0.4, 0.5) is 5.82 Å². The molecular weight excluding hydrogens is 612 g/mol. The Morgan fingerprint density at radius 1 is 1.00 bits per heavy atom. The van der Waals surface area contributed by atoms with E-state index in [9.17, 15) is 9.90 Å². The van der Waals surface area contributed by atoms with Crippen LogP contribution in [0.25, 0.3) is 11.3 Å². The molecule has 49 heavy (non-hydrogen) atoms. The van der Waals surface area contributed by atoms with Crippen LogP contribution in [0.3, 0.4) is 0 Å². The molecule has 8 nitrogen and oxygen atoms in total. The van der Waals surface area contributed by atoms with Crippen molar-refractivity contribution in [2.75, 3.05) is 31.6 Å².